The maximum absolute atomic E-state index is 13.6. The first-order valence-electron chi connectivity index (χ1n) is 12.6. The average molecular weight is 540 g/mol. The van der Waals surface area contributed by atoms with E-state index in [4.69, 9.17) is 21.6 Å². The van der Waals surface area contributed by atoms with E-state index in [-0.39, 0.29) is 12.5 Å². The Balaban J connectivity index is 1.50. The molecular formula is C27H28ClF2N7O. The molecule has 5 rings (SSSR count). The highest BCUT2D eigenvalue weighted by Gasteiger charge is 2.22. The number of carbonyl (C=O) groups is 1. The lowest BCUT2D eigenvalue weighted by Crippen LogP contribution is -2.32. The zero-order valence-electron chi connectivity index (χ0n) is 20.9. The number of anilines is 1. The highest BCUT2D eigenvalue weighted by Crippen LogP contribution is 2.32. The quantitative estimate of drug-likeness (QED) is 0.298. The summed E-state index contributed by atoms with van der Waals surface area (Å²) in [5.41, 5.74) is 2.97. The van der Waals surface area contributed by atoms with Gasteiger partial charge in [0.1, 0.15) is 11.3 Å². The number of piperidine rings is 1. The molecule has 3 heterocycles. The van der Waals surface area contributed by atoms with Gasteiger partial charge in [-0.2, -0.15) is 4.98 Å². The number of benzene rings is 2. The lowest BCUT2D eigenvalue weighted by Gasteiger charge is -2.24. The molecule has 0 aliphatic carbocycles. The Labute approximate surface area is 223 Å². The minimum Gasteiger partial charge on any atom is -0.352 e. The lowest BCUT2D eigenvalue weighted by atomic mass is 9.99. The van der Waals surface area contributed by atoms with Crippen molar-refractivity contribution in [3.05, 3.63) is 70.4 Å². The molecule has 198 valence electrons. The summed E-state index contributed by atoms with van der Waals surface area (Å²) in [6, 6.07) is 8.93. The molecule has 11 heteroatoms. The number of hydrogen-bond donors (Lipinski definition) is 3. The van der Waals surface area contributed by atoms with Crippen molar-refractivity contribution in [1.29, 1.82) is 0 Å². The van der Waals surface area contributed by atoms with Crippen molar-refractivity contribution in [2.24, 2.45) is 5.92 Å². The molecule has 1 saturated heterocycles. The van der Waals surface area contributed by atoms with Crippen molar-refractivity contribution in [2.45, 2.75) is 32.9 Å². The van der Waals surface area contributed by atoms with E-state index in [9.17, 15) is 13.6 Å². The number of carbonyl (C=O) groups excluding carboxylic acids is 1. The van der Waals surface area contributed by atoms with E-state index in [1.54, 1.807) is 24.4 Å². The second kappa shape index (κ2) is 11.4. The Morgan fingerprint density at radius 1 is 1.18 bits per heavy atom. The van der Waals surface area contributed by atoms with Gasteiger partial charge >= 0.3 is 0 Å². The van der Waals surface area contributed by atoms with Gasteiger partial charge in [-0.05, 0) is 74.7 Å². The van der Waals surface area contributed by atoms with Gasteiger partial charge in [0, 0.05) is 30.8 Å². The van der Waals surface area contributed by atoms with Gasteiger partial charge in [0.05, 0.1) is 11.2 Å². The molecule has 1 amide bonds. The molecule has 1 fully saturated rings. The van der Waals surface area contributed by atoms with Crippen LogP contribution >= 0.6 is 11.6 Å². The van der Waals surface area contributed by atoms with Crippen LogP contribution in [-0.2, 0) is 13.1 Å². The normalized spacial score (nSPS) is 15.5. The summed E-state index contributed by atoms with van der Waals surface area (Å²) in [6.45, 7) is 5.17. The third-order valence-electron chi connectivity index (χ3n) is 6.57. The summed E-state index contributed by atoms with van der Waals surface area (Å²) in [5, 5.41) is 9.73. The molecule has 4 aromatic rings. The molecule has 3 N–H and O–H groups in total. The molecule has 0 saturated carbocycles. The Kier molecular flexibility index (Phi) is 7.80. The van der Waals surface area contributed by atoms with Crippen molar-refractivity contribution in [1.82, 2.24) is 30.2 Å². The van der Waals surface area contributed by atoms with Gasteiger partial charge in [0.2, 0.25) is 5.95 Å². The van der Waals surface area contributed by atoms with Crippen molar-refractivity contribution >= 4 is 34.6 Å². The van der Waals surface area contributed by atoms with E-state index in [0.29, 0.717) is 63.7 Å². The lowest BCUT2D eigenvalue weighted by molar-refractivity contribution is 0.0956. The van der Waals surface area contributed by atoms with Gasteiger partial charge in [0.25, 0.3) is 5.91 Å². The predicted octanol–water partition coefficient (Wildman–Crippen LogP) is 4.79. The fraction of sp³-hybridized carbons (Fsp3) is 0.333. The monoisotopic (exact) mass is 539 g/mol. The summed E-state index contributed by atoms with van der Waals surface area (Å²) < 4.78 is 28.9. The Bertz CT molecular complexity index is 1470. The summed E-state index contributed by atoms with van der Waals surface area (Å²) in [4.78, 5) is 26.2. The van der Waals surface area contributed by atoms with Gasteiger partial charge in [-0.15, -0.1) is 0 Å². The number of fused-ring (bicyclic) bond motifs is 1. The molecule has 1 aliphatic rings. The third kappa shape index (κ3) is 5.61. The fourth-order valence-corrected chi connectivity index (χ4v) is 4.92. The van der Waals surface area contributed by atoms with Crippen LogP contribution in [0.3, 0.4) is 0 Å². The van der Waals surface area contributed by atoms with Crippen molar-refractivity contribution in [3.8, 4) is 11.4 Å². The van der Waals surface area contributed by atoms with E-state index >= 15 is 0 Å². The second-order valence-corrected chi connectivity index (χ2v) is 9.72. The molecule has 0 spiro atoms. The van der Waals surface area contributed by atoms with Gasteiger partial charge in [-0.25, -0.2) is 18.7 Å². The van der Waals surface area contributed by atoms with E-state index in [2.05, 4.69) is 20.9 Å². The number of rotatable bonds is 8. The van der Waals surface area contributed by atoms with Crippen LogP contribution in [0.1, 0.15) is 35.7 Å². The first-order chi connectivity index (χ1) is 18.4. The molecule has 8 nitrogen and oxygen atoms in total. The highest BCUT2D eigenvalue weighted by atomic mass is 35.5. The standard InChI is InChI=1S/C27H28ClF2N7O/c1-2-32-26(38)18-6-7-19(20(28)11-18)24-35-23-14-34-27(33-13-16-5-8-21(29)22(30)10-16)36-25(23)37(24)15-17-4-3-9-31-12-17/h5-8,10-11,14,17,31H,2-4,9,12-13,15H2,1H3,(H,32,38)(H,33,34,36)/t17-/m1/s1. The number of imidazole rings is 1. The molecule has 2 aromatic carbocycles. The maximum atomic E-state index is 13.6. The zero-order chi connectivity index (χ0) is 26.6. The van der Waals surface area contributed by atoms with Crippen LogP contribution in [0.2, 0.25) is 5.02 Å². The molecule has 0 bridgehead atoms. The topological polar surface area (TPSA) is 96.8 Å². The van der Waals surface area contributed by atoms with E-state index < -0.39 is 11.6 Å². The van der Waals surface area contributed by atoms with Crippen molar-refractivity contribution in [3.63, 3.8) is 0 Å². The number of aromatic nitrogens is 4. The summed E-state index contributed by atoms with van der Waals surface area (Å²) in [7, 11) is 0. The predicted molar refractivity (Wildman–Crippen MR) is 143 cm³/mol. The van der Waals surface area contributed by atoms with Gasteiger partial charge in [0.15, 0.2) is 17.3 Å². The van der Waals surface area contributed by atoms with Crippen LogP contribution < -0.4 is 16.0 Å². The number of amides is 1. The number of nitrogens with one attached hydrogen (secondary N) is 3. The molecule has 0 radical (unpaired) electrons. The van der Waals surface area contributed by atoms with Crippen LogP contribution in [0.5, 0.6) is 0 Å². The smallest absolute Gasteiger partial charge is 0.251 e. The third-order valence-corrected chi connectivity index (χ3v) is 6.88. The van der Waals surface area contributed by atoms with E-state index in [0.717, 1.165) is 38.1 Å². The summed E-state index contributed by atoms with van der Waals surface area (Å²) in [6.07, 6.45) is 3.79. The van der Waals surface area contributed by atoms with Crippen LogP contribution in [-0.4, -0.2) is 45.1 Å². The number of halogens is 3. The molecule has 2 aromatic heterocycles. The number of hydrogen-bond acceptors (Lipinski definition) is 6. The Morgan fingerprint density at radius 2 is 2.05 bits per heavy atom. The summed E-state index contributed by atoms with van der Waals surface area (Å²) >= 11 is 6.67. The van der Waals surface area contributed by atoms with Crippen molar-refractivity contribution < 1.29 is 13.6 Å². The molecule has 1 aliphatic heterocycles. The molecular weight excluding hydrogens is 512 g/mol. The van der Waals surface area contributed by atoms with Gasteiger partial charge in [-0.1, -0.05) is 17.7 Å². The maximum Gasteiger partial charge on any atom is 0.251 e. The van der Waals surface area contributed by atoms with E-state index in [1.165, 1.54) is 6.07 Å². The van der Waals surface area contributed by atoms with Gasteiger partial charge in [-0.3, -0.25) is 4.79 Å². The minimum absolute atomic E-state index is 0.189. The van der Waals surface area contributed by atoms with Crippen molar-refractivity contribution in [2.75, 3.05) is 25.0 Å². The zero-order valence-corrected chi connectivity index (χ0v) is 21.7. The largest absolute Gasteiger partial charge is 0.352 e. The van der Waals surface area contributed by atoms with Gasteiger partial charge < -0.3 is 20.5 Å². The highest BCUT2D eigenvalue weighted by molar-refractivity contribution is 6.33. The van der Waals surface area contributed by atoms with Crippen LogP contribution in [0.4, 0.5) is 14.7 Å². The van der Waals surface area contributed by atoms with Crippen LogP contribution in [0.25, 0.3) is 22.6 Å². The second-order valence-electron chi connectivity index (χ2n) is 9.32. The molecule has 0 unspecified atom stereocenters. The van der Waals surface area contributed by atoms with E-state index in [1.807, 2.05) is 11.5 Å². The van der Waals surface area contributed by atoms with Crippen LogP contribution in [0, 0.1) is 17.6 Å². The van der Waals surface area contributed by atoms with Crippen LogP contribution in [0.15, 0.2) is 42.6 Å². The minimum atomic E-state index is -0.903. The number of nitrogens with zero attached hydrogens (tertiary/aromatic N) is 4. The molecule has 1 atom stereocenters. The first-order valence-corrected chi connectivity index (χ1v) is 13.0. The fourth-order valence-electron chi connectivity index (χ4n) is 4.65. The molecule has 38 heavy (non-hydrogen) atoms. The Morgan fingerprint density at radius 3 is 2.79 bits per heavy atom. The SMILES string of the molecule is CCNC(=O)c1ccc(-c2nc3cnc(NCc4ccc(F)c(F)c4)nc3n2C[C@@H]2CCCNC2)c(Cl)c1. The Hall–Kier alpha value is -3.63. The first kappa shape index (κ1) is 26.0. The average Bonchev–Trinajstić information content (AvgIpc) is 3.27. The summed E-state index contributed by atoms with van der Waals surface area (Å²) in [5.74, 6) is -0.621.